The zero-order chi connectivity index (χ0) is 21.5. The summed E-state index contributed by atoms with van der Waals surface area (Å²) >= 11 is 8.38. The predicted octanol–water partition coefficient (Wildman–Crippen LogP) is 8.34. The highest BCUT2D eigenvalue weighted by Crippen LogP contribution is 2.43. The monoisotopic (exact) mass is 441 g/mol. The summed E-state index contributed by atoms with van der Waals surface area (Å²) in [5.41, 5.74) is 7.86. The molecule has 3 heteroatoms. The van der Waals surface area contributed by atoms with Crippen molar-refractivity contribution < 1.29 is 0 Å². The molecule has 0 aliphatic heterocycles. The fourth-order valence-corrected chi connectivity index (χ4v) is 6.03. The molecule has 0 amide bonds. The highest BCUT2D eigenvalue weighted by molar-refractivity contribution is 7.19. The van der Waals surface area contributed by atoms with Crippen molar-refractivity contribution in [3.05, 3.63) is 70.6 Å². The largest absolute Gasteiger partial charge is 0.324 e. The zero-order valence-electron chi connectivity index (χ0n) is 18.4. The SMILES string of the molecule is C=C1C(C)CC(/C=C/C(N)CCc2sc3ccccc3c2Cl)[C@H]1C/C=C\CCCC. The molecule has 162 valence electrons. The minimum absolute atomic E-state index is 0.0659. The van der Waals surface area contributed by atoms with E-state index in [-0.39, 0.29) is 6.04 Å². The Balaban J connectivity index is 1.55. The number of thiophene rings is 1. The molecule has 1 saturated carbocycles. The third-order valence-corrected chi connectivity index (χ3v) is 8.22. The summed E-state index contributed by atoms with van der Waals surface area (Å²) < 4.78 is 1.26. The van der Waals surface area contributed by atoms with Gasteiger partial charge in [0.2, 0.25) is 0 Å². The van der Waals surface area contributed by atoms with E-state index in [1.54, 1.807) is 11.3 Å². The molecule has 1 fully saturated rings. The van der Waals surface area contributed by atoms with Gasteiger partial charge in [-0.3, -0.25) is 0 Å². The maximum Gasteiger partial charge on any atom is 0.0623 e. The first-order chi connectivity index (χ1) is 14.5. The number of hydrogen-bond donors (Lipinski definition) is 1. The van der Waals surface area contributed by atoms with Crippen LogP contribution in [0.1, 0.15) is 57.2 Å². The molecular formula is C27H36ClNS. The van der Waals surface area contributed by atoms with Crippen molar-refractivity contribution >= 4 is 33.0 Å². The van der Waals surface area contributed by atoms with Gasteiger partial charge in [0.25, 0.3) is 0 Å². The normalized spacial score (nSPS) is 23.3. The number of hydrogen-bond acceptors (Lipinski definition) is 2. The van der Waals surface area contributed by atoms with Crippen molar-refractivity contribution in [2.75, 3.05) is 0 Å². The van der Waals surface area contributed by atoms with Gasteiger partial charge in [-0.05, 0) is 55.9 Å². The Morgan fingerprint density at radius 2 is 2.10 bits per heavy atom. The molecule has 1 aliphatic carbocycles. The maximum atomic E-state index is 6.59. The van der Waals surface area contributed by atoms with E-state index in [0.29, 0.717) is 17.8 Å². The zero-order valence-corrected chi connectivity index (χ0v) is 20.0. The van der Waals surface area contributed by atoms with Gasteiger partial charge in [-0.1, -0.05) is 92.9 Å². The Morgan fingerprint density at radius 3 is 2.87 bits per heavy atom. The molecule has 4 atom stereocenters. The molecule has 0 spiro atoms. The number of halogens is 1. The fourth-order valence-electron chi connectivity index (χ4n) is 4.49. The van der Waals surface area contributed by atoms with Crippen molar-refractivity contribution in [2.45, 2.75) is 64.8 Å². The van der Waals surface area contributed by atoms with Crippen molar-refractivity contribution in [2.24, 2.45) is 23.5 Å². The minimum atomic E-state index is 0.0659. The van der Waals surface area contributed by atoms with Crippen molar-refractivity contribution in [3.8, 4) is 0 Å². The minimum Gasteiger partial charge on any atom is -0.324 e. The number of fused-ring (bicyclic) bond motifs is 1. The number of aryl methyl sites for hydroxylation is 1. The first-order valence-corrected chi connectivity index (χ1v) is 12.6. The van der Waals surface area contributed by atoms with Gasteiger partial charge in [-0.25, -0.2) is 0 Å². The molecule has 1 heterocycles. The summed E-state index contributed by atoms with van der Waals surface area (Å²) in [7, 11) is 0. The number of rotatable bonds is 10. The lowest BCUT2D eigenvalue weighted by atomic mass is 9.89. The Labute approximate surface area is 191 Å². The molecule has 3 unspecified atom stereocenters. The lowest BCUT2D eigenvalue weighted by Crippen LogP contribution is -2.18. The predicted molar refractivity (Wildman–Crippen MR) is 135 cm³/mol. The summed E-state index contributed by atoms with van der Waals surface area (Å²) in [5.74, 6) is 1.71. The average molecular weight is 442 g/mol. The van der Waals surface area contributed by atoms with Gasteiger partial charge in [0, 0.05) is 21.0 Å². The van der Waals surface area contributed by atoms with Gasteiger partial charge < -0.3 is 5.73 Å². The van der Waals surface area contributed by atoms with Gasteiger partial charge in [-0.2, -0.15) is 0 Å². The van der Waals surface area contributed by atoms with E-state index in [1.807, 2.05) is 6.07 Å². The molecule has 30 heavy (non-hydrogen) atoms. The Bertz CT molecular complexity index is 893. The molecule has 0 radical (unpaired) electrons. The van der Waals surface area contributed by atoms with E-state index in [4.69, 9.17) is 17.3 Å². The van der Waals surface area contributed by atoms with Crippen LogP contribution in [0.15, 0.2) is 60.7 Å². The number of unbranched alkanes of at least 4 members (excludes halogenated alkanes) is 2. The first kappa shape index (κ1) is 23.3. The van der Waals surface area contributed by atoms with E-state index in [1.165, 1.54) is 40.8 Å². The van der Waals surface area contributed by atoms with E-state index in [0.717, 1.165) is 29.7 Å². The molecule has 1 nitrogen and oxygen atoms in total. The molecule has 0 bridgehead atoms. The van der Waals surface area contributed by atoms with Crippen LogP contribution in [0, 0.1) is 17.8 Å². The molecule has 2 N–H and O–H groups in total. The van der Waals surface area contributed by atoms with E-state index in [2.05, 4.69) is 62.9 Å². The standard InChI is InChI=1S/C27H36ClNS/c1-4-5-6-7-8-11-23-20(3)19(2)18-21(23)14-15-22(29)16-17-26-27(28)24-12-9-10-13-25(24)30-26/h7-10,12-15,19,21-23H,3-6,11,16-18,29H2,1-2H3/b8-7-,15-14+/t19?,21?,22?,23-/m0/s1. The molecule has 1 aliphatic rings. The number of nitrogens with two attached hydrogens (primary N) is 1. The topological polar surface area (TPSA) is 26.0 Å². The molecule has 3 rings (SSSR count). The molecule has 0 saturated heterocycles. The third-order valence-electron chi connectivity index (χ3n) is 6.44. The second-order valence-electron chi connectivity index (χ2n) is 8.75. The van der Waals surface area contributed by atoms with Crippen molar-refractivity contribution in [1.29, 1.82) is 0 Å². The van der Waals surface area contributed by atoms with Gasteiger partial charge >= 0.3 is 0 Å². The van der Waals surface area contributed by atoms with Crippen LogP contribution in [-0.2, 0) is 6.42 Å². The molecule has 1 aromatic carbocycles. The Hall–Kier alpha value is -1.35. The summed E-state index contributed by atoms with van der Waals surface area (Å²) in [4.78, 5) is 1.25. The number of benzene rings is 1. The quantitative estimate of drug-likeness (QED) is 0.291. The Kier molecular flexibility index (Phi) is 8.80. The summed E-state index contributed by atoms with van der Waals surface area (Å²) in [6.07, 6.45) is 17.2. The van der Waals surface area contributed by atoms with Crippen molar-refractivity contribution in [3.63, 3.8) is 0 Å². The fraction of sp³-hybridized carbons (Fsp3) is 0.481. The van der Waals surface area contributed by atoms with Crippen LogP contribution in [0.25, 0.3) is 10.1 Å². The summed E-state index contributed by atoms with van der Waals surface area (Å²) in [5, 5.41) is 2.07. The van der Waals surface area contributed by atoms with Crippen LogP contribution in [0.3, 0.4) is 0 Å². The van der Waals surface area contributed by atoms with E-state index >= 15 is 0 Å². The smallest absolute Gasteiger partial charge is 0.0623 e. The van der Waals surface area contributed by atoms with Gasteiger partial charge in [0.1, 0.15) is 0 Å². The number of allylic oxidation sites excluding steroid dienone is 4. The highest BCUT2D eigenvalue weighted by Gasteiger charge is 2.32. The molecular weight excluding hydrogens is 406 g/mol. The summed E-state index contributed by atoms with van der Waals surface area (Å²) in [6, 6.07) is 8.42. The van der Waals surface area contributed by atoms with Gasteiger partial charge in [-0.15, -0.1) is 11.3 Å². The Morgan fingerprint density at radius 1 is 1.30 bits per heavy atom. The van der Waals surface area contributed by atoms with Crippen molar-refractivity contribution in [1.82, 2.24) is 0 Å². The maximum absolute atomic E-state index is 6.59. The molecule has 2 aromatic rings. The lowest BCUT2D eigenvalue weighted by Gasteiger charge is -2.16. The third kappa shape index (κ3) is 5.87. The first-order valence-electron chi connectivity index (χ1n) is 11.4. The van der Waals surface area contributed by atoms with Gasteiger partial charge in [0.05, 0.1) is 5.02 Å². The van der Waals surface area contributed by atoms with Crippen LogP contribution in [-0.4, -0.2) is 6.04 Å². The van der Waals surface area contributed by atoms with Crippen LogP contribution in [0.4, 0.5) is 0 Å². The molecule has 1 aromatic heterocycles. The average Bonchev–Trinajstić information content (AvgIpc) is 3.21. The van der Waals surface area contributed by atoms with Gasteiger partial charge in [0.15, 0.2) is 0 Å². The lowest BCUT2D eigenvalue weighted by molar-refractivity contribution is 0.502. The summed E-state index contributed by atoms with van der Waals surface area (Å²) in [6.45, 7) is 8.96. The van der Waals surface area contributed by atoms with Crippen LogP contribution in [0.5, 0.6) is 0 Å². The highest BCUT2D eigenvalue weighted by atomic mass is 35.5. The van der Waals surface area contributed by atoms with Crippen LogP contribution >= 0.6 is 22.9 Å². The van der Waals surface area contributed by atoms with E-state index < -0.39 is 0 Å². The second kappa shape index (κ2) is 11.3. The second-order valence-corrected chi connectivity index (χ2v) is 10.3. The van der Waals surface area contributed by atoms with Crippen LogP contribution < -0.4 is 5.73 Å². The van der Waals surface area contributed by atoms with E-state index in [9.17, 15) is 0 Å². The van der Waals surface area contributed by atoms with Crippen LogP contribution in [0.2, 0.25) is 5.02 Å².